The summed E-state index contributed by atoms with van der Waals surface area (Å²) in [6.45, 7) is 3.99. The fourth-order valence-corrected chi connectivity index (χ4v) is 2.61. The molecule has 0 amide bonds. The van der Waals surface area contributed by atoms with Gasteiger partial charge in [-0.05, 0) is 19.4 Å². The first-order chi connectivity index (χ1) is 7.75. The molecular weight excluding hydrogens is 220 g/mol. The average Bonchev–Trinajstić information content (AvgIpc) is 2.82. The summed E-state index contributed by atoms with van der Waals surface area (Å²) in [5.74, 6) is 0.825. The molecule has 0 bridgehead atoms. The molecule has 1 aromatic carbocycles. The first kappa shape index (κ1) is 9.47. The van der Waals surface area contributed by atoms with Crippen LogP contribution in [0.3, 0.4) is 0 Å². The molecule has 4 nitrogen and oxygen atoms in total. The lowest BCUT2D eigenvalue weighted by atomic mass is 10.1. The van der Waals surface area contributed by atoms with E-state index >= 15 is 0 Å². The third-order valence-electron chi connectivity index (χ3n) is 2.52. The summed E-state index contributed by atoms with van der Waals surface area (Å²) in [7, 11) is 0. The van der Waals surface area contributed by atoms with Gasteiger partial charge in [0.25, 0.3) is 0 Å². The van der Waals surface area contributed by atoms with Crippen LogP contribution in [0.1, 0.15) is 11.4 Å². The van der Waals surface area contributed by atoms with Crippen LogP contribution >= 0.6 is 11.3 Å². The Morgan fingerprint density at radius 1 is 1.12 bits per heavy atom. The second kappa shape index (κ2) is 3.38. The summed E-state index contributed by atoms with van der Waals surface area (Å²) < 4.78 is 1.78. The van der Waals surface area contributed by atoms with E-state index in [0.29, 0.717) is 0 Å². The number of benzene rings is 1. The lowest BCUT2D eigenvalue weighted by molar-refractivity contribution is 0.897. The maximum atomic E-state index is 4.51. The van der Waals surface area contributed by atoms with Crippen LogP contribution in [0.5, 0.6) is 0 Å². The zero-order chi connectivity index (χ0) is 11.1. The van der Waals surface area contributed by atoms with E-state index in [-0.39, 0.29) is 0 Å². The van der Waals surface area contributed by atoms with Crippen LogP contribution in [0.2, 0.25) is 0 Å². The molecule has 80 valence electrons. The maximum Gasteiger partial charge on any atom is 0.234 e. The van der Waals surface area contributed by atoms with Crippen LogP contribution in [0, 0.1) is 13.8 Å². The van der Waals surface area contributed by atoms with Crippen molar-refractivity contribution in [2.75, 3.05) is 0 Å². The van der Waals surface area contributed by atoms with E-state index in [1.807, 2.05) is 19.1 Å². The monoisotopic (exact) mass is 230 g/mol. The van der Waals surface area contributed by atoms with Crippen LogP contribution < -0.4 is 0 Å². The Morgan fingerprint density at radius 3 is 2.69 bits per heavy atom. The number of hydrogen-bond acceptors (Lipinski definition) is 4. The molecule has 0 unspecified atom stereocenters. The van der Waals surface area contributed by atoms with Crippen molar-refractivity contribution in [1.29, 1.82) is 0 Å². The lowest BCUT2D eigenvalue weighted by Crippen LogP contribution is -1.89. The van der Waals surface area contributed by atoms with Gasteiger partial charge in [0, 0.05) is 5.56 Å². The van der Waals surface area contributed by atoms with Gasteiger partial charge in [0.1, 0.15) is 5.01 Å². The quantitative estimate of drug-likeness (QED) is 0.645. The average molecular weight is 230 g/mol. The maximum absolute atomic E-state index is 4.51. The van der Waals surface area contributed by atoms with Gasteiger partial charge in [-0.15, -0.1) is 10.2 Å². The summed E-state index contributed by atoms with van der Waals surface area (Å²) in [4.78, 5) is 0.843. The summed E-state index contributed by atoms with van der Waals surface area (Å²) >= 11 is 1.56. The third-order valence-corrected chi connectivity index (χ3v) is 3.45. The van der Waals surface area contributed by atoms with Crippen LogP contribution in [0.25, 0.3) is 15.5 Å². The molecule has 0 fully saturated rings. The Labute approximate surface area is 96.6 Å². The van der Waals surface area contributed by atoms with E-state index in [9.17, 15) is 0 Å². The topological polar surface area (TPSA) is 43.1 Å². The fraction of sp³-hybridized carbons (Fsp3) is 0.182. The lowest BCUT2D eigenvalue weighted by Gasteiger charge is -1.99. The predicted molar refractivity (Wildman–Crippen MR) is 63.6 cm³/mol. The van der Waals surface area contributed by atoms with Gasteiger partial charge in [0.05, 0.1) is 0 Å². The Morgan fingerprint density at radius 2 is 1.94 bits per heavy atom. The first-order valence-corrected chi connectivity index (χ1v) is 5.82. The molecule has 0 atom stereocenters. The standard InChI is InChI=1S/C11H10N4S/c1-7-5-3-4-6-9(7)10-14-15-8(2)12-13-11(15)16-10/h3-6H,1-2H3. The van der Waals surface area contributed by atoms with Crippen molar-refractivity contribution < 1.29 is 0 Å². The third kappa shape index (κ3) is 1.32. The minimum Gasteiger partial charge on any atom is -0.187 e. The number of nitrogens with zero attached hydrogens (tertiary/aromatic N) is 4. The van der Waals surface area contributed by atoms with Crippen LogP contribution in [0.4, 0.5) is 0 Å². The van der Waals surface area contributed by atoms with Gasteiger partial charge in [0.15, 0.2) is 5.82 Å². The van der Waals surface area contributed by atoms with Crippen molar-refractivity contribution >= 4 is 16.3 Å². The van der Waals surface area contributed by atoms with Crippen LogP contribution in [0.15, 0.2) is 24.3 Å². The minimum absolute atomic E-state index is 0.825. The second-order valence-electron chi connectivity index (χ2n) is 3.66. The van der Waals surface area contributed by atoms with Crippen LogP contribution in [-0.4, -0.2) is 19.8 Å². The number of hydrogen-bond donors (Lipinski definition) is 0. The minimum atomic E-state index is 0.825. The highest BCUT2D eigenvalue weighted by molar-refractivity contribution is 7.19. The van der Waals surface area contributed by atoms with E-state index in [0.717, 1.165) is 21.4 Å². The van der Waals surface area contributed by atoms with E-state index < -0.39 is 0 Å². The van der Waals surface area contributed by atoms with Gasteiger partial charge in [-0.1, -0.05) is 35.6 Å². The molecule has 0 saturated carbocycles. The van der Waals surface area contributed by atoms with Crippen molar-refractivity contribution in [2.24, 2.45) is 0 Å². The summed E-state index contributed by atoms with van der Waals surface area (Å²) in [5.41, 5.74) is 2.39. The molecule has 0 saturated heterocycles. The van der Waals surface area contributed by atoms with Crippen molar-refractivity contribution in [3.05, 3.63) is 35.7 Å². The molecular formula is C11H10N4S. The molecule has 2 aromatic heterocycles. The molecule has 0 aliphatic rings. The molecule has 0 spiro atoms. The van der Waals surface area contributed by atoms with Crippen LogP contribution in [-0.2, 0) is 0 Å². The molecule has 3 aromatic rings. The van der Waals surface area contributed by atoms with Crippen molar-refractivity contribution in [2.45, 2.75) is 13.8 Å². The highest BCUT2D eigenvalue weighted by Gasteiger charge is 2.11. The largest absolute Gasteiger partial charge is 0.234 e. The van der Waals surface area contributed by atoms with E-state index in [1.54, 1.807) is 15.9 Å². The molecule has 5 heteroatoms. The van der Waals surface area contributed by atoms with Gasteiger partial charge in [-0.2, -0.15) is 9.61 Å². The highest BCUT2D eigenvalue weighted by atomic mass is 32.1. The SMILES string of the molecule is Cc1ccccc1-c1nn2c(C)nnc2s1. The smallest absolute Gasteiger partial charge is 0.187 e. The molecule has 3 rings (SSSR count). The molecule has 0 radical (unpaired) electrons. The fourth-order valence-electron chi connectivity index (χ4n) is 1.64. The van der Waals surface area contributed by atoms with Gasteiger partial charge >= 0.3 is 0 Å². The van der Waals surface area contributed by atoms with E-state index in [2.05, 4.69) is 34.4 Å². The Kier molecular flexibility index (Phi) is 2.00. The zero-order valence-corrected chi connectivity index (χ0v) is 9.82. The van der Waals surface area contributed by atoms with Gasteiger partial charge in [0.2, 0.25) is 4.96 Å². The molecule has 16 heavy (non-hydrogen) atoms. The number of aromatic nitrogens is 4. The van der Waals surface area contributed by atoms with E-state index in [4.69, 9.17) is 0 Å². The van der Waals surface area contributed by atoms with E-state index in [1.165, 1.54) is 5.56 Å². The van der Waals surface area contributed by atoms with Crippen molar-refractivity contribution in [3.8, 4) is 10.6 Å². The summed E-state index contributed by atoms with van der Waals surface area (Å²) in [6, 6.07) is 8.23. The predicted octanol–water partition coefficient (Wildman–Crippen LogP) is 2.47. The Bertz CT molecular complexity index is 653. The highest BCUT2D eigenvalue weighted by Crippen LogP contribution is 2.27. The number of fused-ring (bicyclic) bond motifs is 1. The van der Waals surface area contributed by atoms with Crippen molar-refractivity contribution in [1.82, 2.24) is 19.8 Å². The van der Waals surface area contributed by atoms with Gasteiger partial charge in [-0.25, -0.2) is 0 Å². The number of rotatable bonds is 1. The molecule has 0 N–H and O–H groups in total. The summed E-state index contributed by atoms with van der Waals surface area (Å²) in [6.07, 6.45) is 0. The second-order valence-corrected chi connectivity index (χ2v) is 4.62. The van der Waals surface area contributed by atoms with Crippen molar-refractivity contribution in [3.63, 3.8) is 0 Å². The van der Waals surface area contributed by atoms with Gasteiger partial charge in [-0.3, -0.25) is 0 Å². The number of aryl methyl sites for hydroxylation is 2. The first-order valence-electron chi connectivity index (χ1n) is 5.00. The van der Waals surface area contributed by atoms with Gasteiger partial charge < -0.3 is 0 Å². The normalized spacial score (nSPS) is 11.1. The zero-order valence-electron chi connectivity index (χ0n) is 9.01. The molecule has 0 aliphatic heterocycles. The Hall–Kier alpha value is -1.75. The summed E-state index contributed by atoms with van der Waals surface area (Å²) in [5, 5.41) is 13.5. The Balaban J connectivity index is 2.23. The molecule has 2 heterocycles. The molecule has 0 aliphatic carbocycles.